The monoisotopic (exact) mass is 345 g/mol. The molecule has 0 spiro atoms. The van der Waals surface area contributed by atoms with E-state index in [1.807, 2.05) is 0 Å². The van der Waals surface area contributed by atoms with Crippen molar-refractivity contribution in [3.05, 3.63) is 66.4 Å². The summed E-state index contributed by atoms with van der Waals surface area (Å²) in [6.07, 6.45) is 1.67. The molecule has 0 aliphatic rings. The number of hydrogen-bond acceptors (Lipinski definition) is 5. The Hall–Kier alpha value is -3.03. The fourth-order valence-corrected chi connectivity index (χ4v) is 2.24. The van der Waals surface area contributed by atoms with Gasteiger partial charge in [0.2, 0.25) is 0 Å². The van der Waals surface area contributed by atoms with Gasteiger partial charge in [-0.2, -0.15) is 13.2 Å². The third-order valence-corrected chi connectivity index (χ3v) is 3.48. The first-order chi connectivity index (χ1) is 11.9. The maximum atomic E-state index is 13.2. The molecular formula is C17H14F3N5. The zero-order chi connectivity index (χ0) is 17.9. The topological polar surface area (TPSA) is 54.8 Å². The molecule has 0 amide bonds. The van der Waals surface area contributed by atoms with Crippen molar-refractivity contribution in [1.29, 1.82) is 0 Å². The van der Waals surface area contributed by atoms with E-state index in [1.165, 1.54) is 12.4 Å². The second-order valence-corrected chi connectivity index (χ2v) is 5.39. The van der Waals surface area contributed by atoms with E-state index in [0.717, 1.165) is 11.6 Å². The van der Waals surface area contributed by atoms with Crippen molar-refractivity contribution >= 4 is 5.82 Å². The Kier molecular flexibility index (Phi) is 4.60. The molecule has 0 atom stereocenters. The Morgan fingerprint density at radius 1 is 1.00 bits per heavy atom. The van der Waals surface area contributed by atoms with Gasteiger partial charge in [0.25, 0.3) is 0 Å². The maximum absolute atomic E-state index is 13.2. The molecule has 3 heterocycles. The fraction of sp³-hybridized carbons (Fsp3) is 0.176. The first-order valence-electron chi connectivity index (χ1n) is 7.40. The summed E-state index contributed by atoms with van der Waals surface area (Å²) >= 11 is 0. The van der Waals surface area contributed by atoms with Crippen molar-refractivity contribution in [1.82, 2.24) is 19.9 Å². The van der Waals surface area contributed by atoms with Gasteiger partial charge < -0.3 is 4.90 Å². The minimum Gasteiger partial charge on any atom is -0.355 e. The van der Waals surface area contributed by atoms with E-state index in [2.05, 4.69) is 19.9 Å². The average Bonchev–Trinajstić information content (AvgIpc) is 2.62. The first-order valence-corrected chi connectivity index (χ1v) is 7.40. The summed E-state index contributed by atoms with van der Waals surface area (Å²) in [5.74, 6) is 0.164. The molecule has 5 nitrogen and oxygen atoms in total. The van der Waals surface area contributed by atoms with Gasteiger partial charge in [-0.05, 0) is 29.8 Å². The summed E-state index contributed by atoms with van der Waals surface area (Å²) in [5.41, 5.74) is 0.345. The minimum atomic E-state index is -4.56. The molecule has 0 saturated heterocycles. The van der Waals surface area contributed by atoms with E-state index in [9.17, 15) is 13.2 Å². The van der Waals surface area contributed by atoms with Gasteiger partial charge in [-0.25, -0.2) is 9.97 Å². The first kappa shape index (κ1) is 16.8. The number of anilines is 1. The van der Waals surface area contributed by atoms with Gasteiger partial charge in [0.05, 0.1) is 0 Å². The van der Waals surface area contributed by atoms with Crippen molar-refractivity contribution in [2.45, 2.75) is 12.7 Å². The van der Waals surface area contributed by atoms with Crippen LogP contribution in [-0.2, 0) is 12.7 Å². The molecule has 3 aromatic heterocycles. The van der Waals surface area contributed by atoms with Crippen LogP contribution in [0, 0.1) is 0 Å². The summed E-state index contributed by atoms with van der Waals surface area (Å²) in [6.45, 7) is 0.392. The largest absolute Gasteiger partial charge is 0.433 e. The van der Waals surface area contributed by atoms with Crippen molar-refractivity contribution in [2.24, 2.45) is 0 Å². The lowest BCUT2D eigenvalue weighted by Gasteiger charge is -2.20. The van der Waals surface area contributed by atoms with Crippen LogP contribution in [0.3, 0.4) is 0 Å². The van der Waals surface area contributed by atoms with Crippen LogP contribution < -0.4 is 4.90 Å². The van der Waals surface area contributed by atoms with Crippen molar-refractivity contribution in [2.75, 3.05) is 11.9 Å². The highest BCUT2D eigenvalue weighted by Gasteiger charge is 2.34. The number of pyridine rings is 2. The molecule has 25 heavy (non-hydrogen) atoms. The van der Waals surface area contributed by atoms with Crippen LogP contribution in [0.2, 0.25) is 0 Å². The molecule has 0 aromatic carbocycles. The highest BCUT2D eigenvalue weighted by Crippen LogP contribution is 2.31. The number of aromatic nitrogens is 4. The molecule has 8 heteroatoms. The zero-order valence-corrected chi connectivity index (χ0v) is 13.3. The van der Waals surface area contributed by atoms with E-state index < -0.39 is 11.9 Å². The van der Waals surface area contributed by atoms with Crippen LogP contribution in [0.4, 0.5) is 19.0 Å². The van der Waals surface area contributed by atoms with E-state index in [1.54, 1.807) is 48.6 Å². The Balaban J connectivity index is 2.00. The molecule has 0 bridgehead atoms. The lowest BCUT2D eigenvalue weighted by atomic mass is 10.2. The van der Waals surface area contributed by atoms with Gasteiger partial charge in [0.15, 0.2) is 11.5 Å². The Morgan fingerprint density at radius 2 is 1.76 bits per heavy atom. The van der Waals surface area contributed by atoms with Crippen LogP contribution in [0.1, 0.15) is 11.3 Å². The molecular weight excluding hydrogens is 331 g/mol. The summed E-state index contributed by atoms with van der Waals surface area (Å²) in [5, 5.41) is 0. The van der Waals surface area contributed by atoms with Crippen molar-refractivity contribution < 1.29 is 13.2 Å². The SMILES string of the molecule is CN(Cc1ccncc1)c1cc(C(F)(F)F)nc(-c2cccnc2)n1. The van der Waals surface area contributed by atoms with Crippen molar-refractivity contribution in [3.63, 3.8) is 0 Å². The molecule has 0 saturated carbocycles. The normalized spacial score (nSPS) is 11.4. The standard InChI is InChI=1S/C17H14F3N5/c1-25(11-12-4-7-21-8-5-12)15-9-14(17(18,19)20)23-16(24-15)13-3-2-6-22-10-13/h2-10H,11H2,1H3. The zero-order valence-electron chi connectivity index (χ0n) is 13.3. The molecule has 128 valence electrons. The number of nitrogens with zero attached hydrogens (tertiary/aromatic N) is 5. The molecule has 0 N–H and O–H groups in total. The van der Waals surface area contributed by atoms with Crippen molar-refractivity contribution in [3.8, 4) is 11.4 Å². The Morgan fingerprint density at radius 3 is 2.40 bits per heavy atom. The summed E-state index contributed by atoms with van der Waals surface area (Å²) < 4.78 is 39.7. The lowest BCUT2D eigenvalue weighted by molar-refractivity contribution is -0.141. The maximum Gasteiger partial charge on any atom is 0.433 e. The second-order valence-electron chi connectivity index (χ2n) is 5.39. The Labute approximate surface area is 142 Å². The molecule has 0 aliphatic heterocycles. The predicted octanol–water partition coefficient (Wildman–Crippen LogP) is 3.59. The predicted molar refractivity (Wildman–Crippen MR) is 86.6 cm³/mol. The smallest absolute Gasteiger partial charge is 0.355 e. The molecule has 0 unspecified atom stereocenters. The van der Waals surface area contributed by atoms with Crippen LogP contribution in [0.25, 0.3) is 11.4 Å². The summed E-state index contributed by atoms with van der Waals surface area (Å²) in [6, 6.07) is 7.78. The molecule has 0 aliphatic carbocycles. The van der Waals surface area contributed by atoms with Crippen LogP contribution in [0.5, 0.6) is 0 Å². The third kappa shape index (κ3) is 4.09. The second kappa shape index (κ2) is 6.84. The summed E-state index contributed by atoms with van der Waals surface area (Å²) in [7, 11) is 1.68. The molecule has 3 rings (SSSR count). The van der Waals surface area contributed by atoms with E-state index in [-0.39, 0.29) is 11.6 Å². The van der Waals surface area contributed by atoms with Crippen LogP contribution in [-0.4, -0.2) is 27.0 Å². The molecule has 3 aromatic rings. The molecule has 0 fully saturated rings. The van der Waals surface area contributed by atoms with Gasteiger partial charge in [0, 0.05) is 50.0 Å². The lowest BCUT2D eigenvalue weighted by Crippen LogP contribution is -2.20. The third-order valence-electron chi connectivity index (χ3n) is 3.48. The van der Waals surface area contributed by atoms with Crippen LogP contribution >= 0.6 is 0 Å². The van der Waals surface area contributed by atoms with Gasteiger partial charge in [0.1, 0.15) is 5.82 Å². The summed E-state index contributed by atoms with van der Waals surface area (Å²) in [4.78, 5) is 17.4. The quantitative estimate of drug-likeness (QED) is 0.723. The van der Waals surface area contributed by atoms with Gasteiger partial charge in [-0.15, -0.1) is 0 Å². The number of halogens is 3. The fourth-order valence-electron chi connectivity index (χ4n) is 2.24. The van der Waals surface area contributed by atoms with Gasteiger partial charge in [-0.3, -0.25) is 9.97 Å². The molecule has 0 radical (unpaired) electrons. The van der Waals surface area contributed by atoms with E-state index >= 15 is 0 Å². The highest BCUT2D eigenvalue weighted by atomic mass is 19.4. The minimum absolute atomic E-state index is 0.0143. The number of alkyl halides is 3. The number of rotatable bonds is 4. The van der Waals surface area contributed by atoms with Gasteiger partial charge in [-0.1, -0.05) is 0 Å². The number of hydrogen-bond donors (Lipinski definition) is 0. The average molecular weight is 345 g/mol. The highest BCUT2D eigenvalue weighted by molar-refractivity contribution is 5.57. The van der Waals surface area contributed by atoms with E-state index in [4.69, 9.17) is 0 Å². The van der Waals surface area contributed by atoms with Crippen LogP contribution in [0.15, 0.2) is 55.1 Å². The Bertz CT molecular complexity index is 838. The van der Waals surface area contributed by atoms with E-state index in [0.29, 0.717) is 12.1 Å². The van der Waals surface area contributed by atoms with Gasteiger partial charge >= 0.3 is 6.18 Å².